The zero-order valence-electron chi connectivity index (χ0n) is 12.5. The lowest BCUT2D eigenvalue weighted by molar-refractivity contribution is 0.0526. The molecule has 0 atom stereocenters. The average Bonchev–Trinajstić information content (AvgIpc) is 2.81. The Bertz CT molecular complexity index is 879. The number of fused-ring (bicyclic) bond motifs is 1. The van der Waals surface area contributed by atoms with Crippen LogP contribution in [0.25, 0.3) is 0 Å². The van der Waals surface area contributed by atoms with Crippen LogP contribution in [0.1, 0.15) is 38.0 Å². The van der Waals surface area contributed by atoms with E-state index in [1.807, 2.05) is 0 Å². The Balaban J connectivity index is 2.02. The number of anilines is 1. The van der Waals surface area contributed by atoms with E-state index < -0.39 is 17.8 Å². The molecule has 0 aliphatic carbocycles. The van der Waals surface area contributed by atoms with E-state index in [0.717, 1.165) is 4.90 Å². The highest BCUT2D eigenvalue weighted by molar-refractivity contribution is 6.42. The van der Waals surface area contributed by atoms with E-state index in [-0.39, 0.29) is 28.3 Å². The van der Waals surface area contributed by atoms with Crippen LogP contribution in [-0.4, -0.2) is 24.4 Å². The minimum atomic E-state index is -0.548. The third-order valence-electron chi connectivity index (χ3n) is 3.56. The van der Waals surface area contributed by atoms with Gasteiger partial charge in [0.1, 0.15) is 0 Å². The number of carbonyl (C=O) groups excluding carboxylic acids is 3. The van der Waals surface area contributed by atoms with Crippen molar-refractivity contribution in [3.63, 3.8) is 0 Å². The van der Waals surface area contributed by atoms with Crippen LogP contribution in [0, 0.1) is 0 Å². The zero-order valence-corrected chi connectivity index (χ0v) is 14.0. The van der Waals surface area contributed by atoms with Crippen molar-refractivity contribution in [1.29, 1.82) is 0 Å². The minimum Gasteiger partial charge on any atom is -0.462 e. The number of hydrogen-bond donors (Lipinski definition) is 0. The molecule has 1 aliphatic rings. The third kappa shape index (κ3) is 2.66. The Morgan fingerprint density at radius 3 is 2.38 bits per heavy atom. The maximum absolute atomic E-state index is 12.6. The van der Waals surface area contributed by atoms with Crippen molar-refractivity contribution in [3.8, 4) is 0 Å². The summed E-state index contributed by atoms with van der Waals surface area (Å²) in [5.41, 5.74) is 0.900. The highest BCUT2D eigenvalue weighted by Gasteiger charge is 2.37. The monoisotopic (exact) mass is 363 g/mol. The molecule has 0 N–H and O–H groups in total. The van der Waals surface area contributed by atoms with Crippen molar-refractivity contribution in [2.45, 2.75) is 6.92 Å². The van der Waals surface area contributed by atoms with Gasteiger partial charge in [-0.05, 0) is 43.3 Å². The summed E-state index contributed by atoms with van der Waals surface area (Å²) in [6.07, 6.45) is 0. The molecule has 2 aromatic rings. The second-order valence-corrected chi connectivity index (χ2v) is 5.84. The molecular formula is C17H11Cl2NO4. The van der Waals surface area contributed by atoms with Gasteiger partial charge in [-0.1, -0.05) is 23.2 Å². The van der Waals surface area contributed by atoms with Gasteiger partial charge in [0.2, 0.25) is 0 Å². The van der Waals surface area contributed by atoms with E-state index in [9.17, 15) is 14.4 Å². The quantitative estimate of drug-likeness (QED) is 0.611. The molecule has 0 fully saturated rings. The van der Waals surface area contributed by atoms with Gasteiger partial charge < -0.3 is 4.74 Å². The van der Waals surface area contributed by atoms with Crippen molar-refractivity contribution in [2.75, 3.05) is 11.5 Å². The topological polar surface area (TPSA) is 63.7 Å². The van der Waals surface area contributed by atoms with Crippen molar-refractivity contribution in [2.24, 2.45) is 0 Å². The lowest BCUT2D eigenvalue weighted by Gasteiger charge is -2.14. The van der Waals surface area contributed by atoms with E-state index in [1.54, 1.807) is 6.92 Å². The molecule has 24 heavy (non-hydrogen) atoms. The third-order valence-corrected chi connectivity index (χ3v) is 4.30. The van der Waals surface area contributed by atoms with Crippen LogP contribution >= 0.6 is 23.2 Å². The summed E-state index contributed by atoms with van der Waals surface area (Å²) in [5, 5.41) is 0.555. The molecule has 5 nitrogen and oxygen atoms in total. The van der Waals surface area contributed by atoms with E-state index in [4.69, 9.17) is 27.9 Å². The molecule has 2 amide bonds. The summed E-state index contributed by atoms with van der Waals surface area (Å²) < 4.78 is 4.91. The molecule has 0 radical (unpaired) electrons. The molecule has 0 bridgehead atoms. The maximum Gasteiger partial charge on any atom is 0.338 e. The fraction of sp³-hybridized carbons (Fsp3) is 0.118. The van der Waals surface area contributed by atoms with Crippen LogP contribution in [0.3, 0.4) is 0 Å². The highest BCUT2D eigenvalue weighted by atomic mass is 35.5. The molecular weight excluding hydrogens is 353 g/mol. The average molecular weight is 364 g/mol. The zero-order chi connectivity index (χ0) is 17.4. The maximum atomic E-state index is 12.6. The predicted molar refractivity (Wildman–Crippen MR) is 90.0 cm³/mol. The summed E-state index contributed by atoms with van der Waals surface area (Å²) in [6, 6.07) is 8.75. The number of amides is 2. The Labute approximate surface area is 147 Å². The van der Waals surface area contributed by atoms with Gasteiger partial charge in [-0.25, -0.2) is 9.69 Å². The van der Waals surface area contributed by atoms with Gasteiger partial charge in [0.15, 0.2) is 0 Å². The van der Waals surface area contributed by atoms with Gasteiger partial charge in [-0.3, -0.25) is 9.59 Å². The largest absolute Gasteiger partial charge is 0.462 e. The number of ether oxygens (including phenoxy) is 1. The van der Waals surface area contributed by atoms with E-state index in [0.29, 0.717) is 10.7 Å². The van der Waals surface area contributed by atoms with Crippen LogP contribution in [0.2, 0.25) is 10.0 Å². The fourth-order valence-electron chi connectivity index (χ4n) is 2.44. The molecule has 3 rings (SSSR count). The second-order valence-electron chi connectivity index (χ2n) is 5.02. The molecule has 0 aromatic heterocycles. The highest BCUT2D eigenvalue weighted by Crippen LogP contribution is 2.33. The number of benzene rings is 2. The first-order valence-electron chi connectivity index (χ1n) is 7.09. The lowest BCUT2D eigenvalue weighted by Crippen LogP contribution is -2.29. The molecule has 0 saturated carbocycles. The Kier molecular flexibility index (Phi) is 4.30. The first-order valence-corrected chi connectivity index (χ1v) is 7.84. The molecule has 0 unspecified atom stereocenters. The van der Waals surface area contributed by atoms with Crippen molar-refractivity contribution in [3.05, 3.63) is 63.1 Å². The number of nitrogens with zero attached hydrogens (tertiary/aromatic N) is 1. The SMILES string of the molecule is CCOC(=O)c1ccc2c(c1)C(=O)N(c1ccc(Cl)c(Cl)c1)C2=O. The van der Waals surface area contributed by atoms with Crippen LogP contribution in [0.15, 0.2) is 36.4 Å². The molecule has 2 aromatic carbocycles. The summed E-state index contributed by atoms with van der Waals surface area (Å²) in [5.74, 6) is -1.56. The summed E-state index contributed by atoms with van der Waals surface area (Å²) in [4.78, 5) is 37.9. The molecule has 0 saturated heterocycles. The van der Waals surface area contributed by atoms with Gasteiger partial charge in [0.25, 0.3) is 11.8 Å². The lowest BCUT2D eigenvalue weighted by atomic mass is 10.1. The van der Waals surface area contributed by atoms with Crippen LogP contribution in [-0.2, 0) is 4.74 Å². The van der Waals surface area contributed by atoms with Gasteiger partial charge in [-0.15, -0.1) is 0 Å². The van der Waals surface area contributed by atoms with Crippen LogP contribution < -0.4 is 4.90 Å². The van der Waals surface area contributed by atoms with E-state index in [2.05, 4.69) is 0 Å². The first-order chi connectivity index (χ1) is 11.4. The van der Waals surface area contributed by atoms with Gasteiger partial charge in [-0.2, -0.15) is 0 Å². The number of imide groups is 1. The van der Waals surface area contributed by atoms with Crippen molar-refractivity contribution in [1.82, 2.24) is 0 Å². The number of carbonyl (C=O) groups is 3. The van der Waals surface area contributed by atoms with Crippen LogP contribution in [0.5, 0.6) is 0 Å². The predicted octanol–water partition coefficient (Wildman–Crippen LogP) is 3.97. The van der Waals surface area contributed by atoms with Crippen LogP contribution in [0.4, 0.5) is 5.69 Å². The standard InChI is InChI=1S/C17H11Cl2NO4/c1-2-24-17(23)9-3-5-11-12(7-9)16(22)20(15(11)21)10-4-6-13(18)14(19)8-10/h3-8H,2H2,1H3. The van der Waals surface area contributed by atoms with E-state index in [1.165, 1.54) is 36.4 Å². The first kappa shape index (κ1) is 16.5. The molecule has 1 aliphatic heterocycles. The normalized spacial score (nSPS) is 13.2. The summed E-state index contributed by atoms with van der Waals surface area (Å²) in [6.45, 7) is 1.91. The molecule has 7 heteroatoms. The molecule has 0 spiro atoms. The van der Waals surface area contributed by atoms with Gasteiger partial charge in [0.05, 0.1) is 39.0 Å². The van der Waals surface area contributed by atoms with Crippen molar-refractivity contribution >= 4 is 46.7 Å². The Morgan fingerprint density at radius 2 is 1.71 bits per heavy atom. The number of rotatable bonds is 3. The number of esters is 1. The number of hydrogen-bond acceptors (Lipinski definition) is 4. The van der Waals surface area contributed by atoms with Gasteiger partial charge in [0, 0.05) is 0 Å². The molecule has 122 valence electrons. The Hall–Kier alpha value is -2.37. The number of halogens is 2. The minimum absolute atomic E-state index is 0.150. The molecule has 1 heterocycles. The summed E-state index contributed by atoms with van der Waals surface area (Å²) in [7, 11) is 0. The second kappa shape index (κ2) is 6.26. The Morgan fingerprint density at radius 1 is 1.00 bits per heavy atom. The van der Waals surface area contributed by atoms with E-state index >= 15 is 0 Å². The fourth-order valence-corrected chi connectivity index (χ4v) is 2.73. The smallest absolute Gasteiger partial charge is 0.338 e. The van der Waals surface area contributed by atoms with Crippen molar-refractivity contribution < 1.29 is 19.1 Å². The summed E-state index contributed by atoms with van der Waals surface area (Å²) >= 11 is 11.8. The van der Waals surface area contributed by atoms with Gasteiger partial charge >= 0.3 is 5.97 Å².